The maximum absolute atomic E-state index is 10.5. The van der Waals surface area contributed by atoms with Crippen molar-refractivity contribution in [2.45, 2.75) is 6.42 Å². The maximum atomic E-state index is 10.5. The summed E-state index contributed by atoms with van der Waals surface area (Å²) in [5, 5.41) is 0. The second-order valence-electron chi connectivity index (χ2n) is 1.98. The van der Waals surface area contributed by atoms with Gasteiger partial charge in [-0.25, -0.2) is 12.6 Å². The summed E-state index contributed by atoms with van der Waals surface area (Å²) in [6, 6.07) is 0. The molecule has 0 aromatic heterocycles. The standard InChI is InChI=1S/C4H9ClO3S2/c1-10(7,8)4-2-3-9(5)6/h2-4H2,1H3. The van der Waals surface area contributed by atoms with Crippen molar-refractivity contribution < 1.29 is 12.6 Å². The Balaban J connectivity index is 3.49. The molecule has 0 aliphatic carbocycles. The molecule has 0 aliphatic heterocycles. The molecular formula is C4H9ClO3S2. The zero-order chi connectivity index (χ0) is 8.20. The normalized spacial score (nSPS) is 15.0. The molecule has 3 nitrogen and oxygen atoms in total. The highest BCUT2D eigenvalue weighted by molar-refractivity contribution is 8.08. The van der Waals surface area contributed by atoms with Crippen molar-refractivity contribution in [1.82, 2.24) is 0 Å². The Kier molecular flexibility index (Phi) is 4.47. The Morgan fingerprint density at radius 2 is 2.00 bits per heavy atom. The van der Waals surface area contributed by atoms with Crippen LogP contribution in [0.1, 0.15) is 6.42 Å². The highest BCUT2D eigenvalue weighted by atomic mass is 35.7. The monoisotopic (exact) mass is 204 g/mol. The van der Waals surface area contributed by atoms with E-state index >= 15 is 0 Å². The molecule has 0 aliphatic rings. The number of halogens is 1. The lowest BCUT2D eigenvalue weighted by Gasteiger charge is -1.93. The van der Waals surface area contributed by atoms with Gasteiger partial charge in [-0.3, -0.25) is 0 Å². The van der Waals surface area contributed by atoms with Gasteiger partial charge in [-0.1, -0.05) is 0 Å². The van der Waals surface area contributed by atoms with Crippen LogP contribution in [0.5, 0.6) is 0 Å². The van der Waals surface area contributed by atoms with Crippen LogP contribution in [0.25, 0.3) is 0 Å². The molecule has 0 N–H and O–H groups in total. The minimum atomic E-state index is -2.91. The predicted octanol–water partition coefficient (Wildman–Crippen LogP) is 0.324. The number of hydrogen-bond acceptors (Lipinski definition) is 3. The Labute approximate surface area is 67.6 Å². The molecule has 0 aromatic carbocycles. The fraction of sp³-hybridized carbons (Fsp3) is 1.00. The van der Waals surface area contributed by atoms with E-state index in [0.29, 0.717) is 6.42 Å². The number of hydrogen-bond donors (Lipinski definition) is 0. The van der Waals surface area contributed by atoms with E-state index in [1.165, 1.54) is 0 Å². The Bertz CT molecular complexity index is 209. The van der Waals surface area contributed by atoms with E-state index in [9.17, 15) is 12.6 Å². The van der Waals surface area contributed by atoms with Crippen LogP contribution in [0.15, 0.2) is 0 Å². The van der Waals surface area contributed by atoms with Crippen molar-refractivity contribution in [3.8, 4) is 0 Å². The van der Waals surface area contributed by atoms with E-state index in [-0.39, 0.29) is 11.5 Å². The van der Waals surface area contributed by atoms with Crippen molar-refractivity contribution >= 4 is 30.5 Å². The quantitative estimate of drug-likeness (QED) is 0.620. The molecule has 0 heterocycles. The van der Waals surface area contributed by atoms with E-state index in [1.54, 1.807) is 0 Å². The molecule has 10 heavy (non-hydrogen) atoms. The largest absolute Gasteiger partial charge is 0.243 e. The van der Waals surface area contributed by atoms with Crippen molar-refractivity contribution in [3.05, 3.63) is 0 Å². The molecule has 0 rings (SSSR count). The second-order valence-corrected chi connectivity index (χ2v) is 6.26. The summed E-state index contributed by atoms with van der Waals surface area (Å²) < 4.78 is 31.2. The molecule has 0 amide bonds. The average Bonchev–Trinajstić information content (AvgIpc) is 1.59. The SMILES string of the molecule is CS(=O)(=O)CCCS(=O)Cl. The first-order valence-corrected chi connectivity index (χ1v) is 6.85. The van der Waals surface area contributed by atoms with Crippen molar-refractivity contribution in [1.29, 1.82) is 0 Å². The van der Waals surface area contributed by atoms with E-state index in [0.717, 1.165) is 6.26 Å². The van der Waals surface area contributed by atoms with Crippen LogP contribution in [0.3, 0.4) is 0 Å². The molecule has 0 saturated carbocycles. The topological polar surface area (TPSA) is 51.2 Å². The first-order chi connectivity index (χ1) is 4.42. The van der Waals surface area contributed by atoms with Crippen molar-refractivity contribution in [2.75, 3.05) is 17.8 Å². The van der Waals surface area contributed by atoms with Crippen molar-refractivity contribution in [3.63, 3.8) is 0 Å². The minimum Gasteiger partial charge on any atom is -0.243 e. The summed E-state index contributed by atoms with van der Waals surface area (Å²) >= 11 is 0. The zero-order valence-electron chi connectivity index (χ0n) is 5.54. The van der Waals surface area contributed by atoms with Gasteiger partial charge < -0.3 is 0 Å². The molecule has 0 fully saturated rings. The van der Waals surface area contributed by atoms with Gasteiger partial charge in [0.25, 0.3) is 0 Å². The van der Waals surface area contributed by atoms with Gasteiger partial charge in [0.15, 0.2) is 0 Å². The van der Waals surface area contributed by atoms with Crippen LogP contribution < -0.4 is 0 Å². The van der Waals surface area contributed by atoms with Crippen LogP contribution in [-0.2, 0) is 19.9 Å². The molecule has 0 saturated heterocycles. The summed E-state index contributed by atoms with van der Waals surface area (Å²) in [6.07, 6.45) is 1.51. The van der Waals surface area contributed by atoms with Crippen LogP contribution in [0, 0.1) is 0 Å². The van der Waals surface area contributed by atoms with Gasteiger partial charge >= 0.3 is 0 Å². The molecule has 62 valence electrons. The summed E-state index contributed by atoms with van der Waals surface area (Å²) in [7, 11) is 0.779. The van der Waals surface area contributed by atoms with Crippen LogP contribution in [-0.4, -0.2) is 30.4 Å². The molecule has 6 heteroatoms. The third kappa shape index (κ3) is 8.39. The van der Waals surface area contributed by atoms with Gasteiger partial charge in [0.1, 0.15) is 19.9 Å². The van der Waals surface area contributed by atoms with E-state index in [2.05, 4.69) is 0 Å². The second kappa shape index (κ2) is 4.31. The lowest BCUT2D eigenvalue weighted by atomic mass is 10.6. The molecule has 0 aromatic rings. The van der Waals surface area contributed by atoms with Crippen molar-refractivity contribution in [2.24, 2.45) is 0 Å². The lowest BCUT2D eigenvalue weighted by molar-refractivity contribution is 0.600. The summed E-state index contributed by atoms with van der Waals surface area (Å²) in [4.78, 5) is 0. The van der Waals surface area contributed by atoms with Crippen LogP contribution in [0.4, 0.5) is 0 Å². The summed E-state index contributed by atoms with van der Waals surface area (Å²) in [6.45, 7) is 0. The highest BCUT2D eigenvalue weighted by Gasteiger charge is 2.02. The van der Waals surface area contributed by atoms with Gasteiger partial charge in [0.05, 0.1) is 5.75 Å². The van der Waals surface area contributed by atoms with E-state index < -0.39 is 19.9 Å². The minimum absolute atomic E-state index is 0.0610. The van der Waals surface area contributed by atoms with E-state index in [4.69, 9.17) is 10.7 Å². The smallest absolute Gasteiger partial charge is 0.147 e. The fourth-order valence-corrected chi connectivity index (χ4v) is 1.98. The molecule has 1 unspecified atom stereocenters. The van der Waals surface area contributed by atoms with Crippen LogP contribution >= 0.6 is 10.7 Å². The predicted molar refractivity (Wildman–Crippen MR) is 43.2 cm³/mol. The Morgan fingerprint density at radius 3 is 2.30 bits per heavy atom. The Morgan fingerprint density at radius 1 is 1.50 bits per heavy atom. The van der Waals surface area contributed by atoms with Gasteiger partial charge in [0, 0.05) is 12.0 Å². The number of rotatable bonds is 4. The maximum Gasteiger partial charge on any atom is 0.147 e. The first kappa shape index (κ1) is 10.4. The first-order valence-electron chi connectivity index (χ1n) is 2.64. The van der Waals surface area contributed by atoms with Gasteiger partial charge in [-0.2, -0.15) is 0 Å². The van der Waals surface area contributed by atoms with E-state index in [1.807, 2.05) is 0 Å². The lowest BCUT2D eigenvalue weighted by Crippen LogP contribution is -2.05. The molecular weight excluding hydrogens is 196 g/mol. The summed E-state index contributed by atoms with van der Waals surface area (Å²) in [5.74, 6) is 0.306. The highest BCUT2D eigenvalue weighted by Crippen LogP contribution is 1.94. The molecule has 0 bridgehead atoms. The third-order valence-corrected chi connectivity index (χ3v) is 2.92. The average molecular weight is 205 g/mol. The van der Waals surface area contributed by atoms with Crippen LogP contribution in [0.2, 0.25) is 0 Å². The fourth-order valence-electron chi connectivity index (χ4n) is 0.435. The van der Waals surface area contributed by atoms with Gasteiger partial charge in [0.2, 0.25) is 0 Å². The summed E-state index contributed by atoms with van der Waals surface area (Å²) in [5.41, 5.74) is 0. The molecule has 1 atom stereocenters. The van der Waals surface area contributed by atoms with Gasteiger partial charge in [-0.05, 0) is 17.1 Å². The number of sulfone groups is 1. The third-order valence-electron chi connectivity index (χ3n) is 0.820. The molecule has 0 radical (unpaired) electrons. The van der Waals surface area contributed by atoms with Gasteiger partial charge in [-0.15, -0.1) is 0 Å². The Hall–Kier alpha value is 0.390. The zero-order valence-corrected chi connectivity index (χ0v) is 7.93. The molecule has 0 spiro atoms.